The number of hydrogen-bond donors (Lipinski definition) is 0. The van der Waals surface area contributed by atoms with E-state index in [1.807, 2.05) is 0 Å². The Bertz CT molecular complexity index is 1350. The molecule has 2 heteroatoms. The average molecular weight is 477 g/mol. The van der Waals surface area contributed by atoms with Gasteiger partial charge in [-0.15, -0.1) is 0 Å². The van der Waals surface area contributed by atoms with E-state index in [1.54, 1.807) is 0 Å². The van der Waals surface area contributed by atoms with Crippen LogP contribution in [0.25, 0.3) is 11.1 Å². The van der Waals surface area contributed by atoms with Crippen LogP contribution in [0.4, 0.5) is 0 Å². The minimum absolute atomic E-state index is 0.137. The summed E-state index contributed by atoms with van der Waals surface area (Å²) in [5.74, 6) is 2.38. The van der Waals surface area contributed by atoms with Gasteiger partial charge in [0.2, 0.25) is 0 Å². The van der Waals surface area contributed by atoms with Gasteiger partial charge in [-0.05, 0) is 90.3 Å². The maximum Gasteiger partial charge on any atom is 0.122 e. The molecule has 0 N–H and O–H groups in total. The quantitative estimate of drug-likeness (QED) is 0.234. The Hall–Kier alpha value is -3.52. The molecule has 4 aromatic rings. The van der Waals surface area contributed by atoms with Crippen LogP contribution in [0.15, 0.2) is 84.9 Å². The van der Waals surface area contributed by atoms with Crippen LogP contribution in [0.3, 0.4) is 0 Å². The molecule has 0 bridgehead atoms. The van der Waals surface area contributed by atoms with Gasteiger partial charge >= 0.3 is 0 Å². The molecule has 0 unspecified atom stereocenters. The van der Waals surface area contributed by atoms with Crippen molar-refractivity contribution in [1.29, 1.82) is 0 Å². The predicted molar refractivity (Wildman–Crippen MR) is 149 cm³/mol. The normalized spacial score (nSPS) is 13.6. The molecule has 0 aliphatic heterocycles. The van der Waals surface area contributed by atoms with Gasteiger partial charge in [-0.2, -0.15) is 0 Å². The molecule has 0 radical (unpaired) electrons. The van der Waals surface area contributed by atoms with E-state index in [2.05, 4.69) is 126 Å². The monoisotopic (exact) mass is 476 g/mol. The van der Waals surface area contributed by atoms with E-state index in [0.717, 1.165) is 22.6 Å². The lowest BCUT2D eigenvalue weighted by molar-refractivity contribution is 0.240. The Balaban J connectivity index is 1.77. The highest BCUT2D eigenvalue weighted by molar-refractivity contribution is 5.86. The smallest absolute Gasteiger partial charge is 0.122 e. The van der Waals surface area contributed by atoms with Crippen molar-refractivity contribution in [3.05, 3.63) is 118 Å². The Morgan fingerprint density at radius 2 is 1.14 bits per heavy atom. The predicted octanol–water partition coefficient (Wildman–Crippen LogP) is 8.49. The zero-order chi connectivity index (χ0) is 25.4. The summed E-state index contributed by atoms with van der Waals surface area (Å²) >= 11 is 0. The number of rotatable bonds is 7. The van der Waals surface area contributed by atoms with E-state index >= 15 is 0 Å². The van der Waals surface area contributed by atoms with Crippen molar-refractivity contribution in [1.82, 2.24) is 0 Å². The van der Waals surface area contributed by atoms with Gasteiger partial charge < -0.3 is 9.47 Å². The van der Waals surface area contributed by atoms with Crippen LogP contribution in [-0.4, -0.2) is 12.7 Å². The summed E-state index contributed by atoms with van der Waals surface area (Å²) in [5, 5.41) is 0. The summed E-state index contributed by atoms with van der Waals surface area (Å²) in [6.45, 7) is 13.5. The van der Waals surface area contributed by atoms with Crippen molar-refractivity contribution in [3.63, 3.8) is 0 Å². The summed E-state index contributed by atoms with van der Waals surface area (Å²) in [4.78, 5) is 0. The van der Waals surface area contributed by atoms with E-state index in [1.165, 1.54) is 33.4 Å². The fourth-order valence-electron chi connectivity index (χ4n) is 5.59. The Kier molecular flexibility index (Phi) is 6.38. The number of hydrogen-bond acceptors (Lipinski definition) is 2. The molecule has 0 saturated carbocycles. The van der Waals surface area contributed by atoms with Gasteiger partial charge in [-0.3, -0.25) is 0 Å². The first-order chi connectivity index (χ1) is 17.3. The molecular formula is C34H36O2. The third kappa shape index (κ3) is 3.99. The first-order valence-corrected chi connectivity index (χ1v) is 13.0. The minimum atomic E-state index is -0.421. The SMILES string of the molecule is Cc1cc(C2(c3ccc(OC(C)C)c(C)c3)c3ccccc3-c3ccccc32)ccc1OCC(C)C. The summed E-state index contributed by atoms with van der Waals surface area (Å²) in [6, 6.07) is 31.2. The second-order valence-electron chi connectivity index (χ2n) is 10.7. The molecule has 4 aromatic carbocycles. The summed E-state index contributed by atoms with van der Waals surface area (Å²) in [7, 11) is 0. The number of aryl methyl sites for hydroxylation is 2. The zero-order valence-corrected chi connectivity index (χ0v) is 22.3. The zero-order valence-electron chi connectivity index (χ0n) is 22.3. The van der Waals surface area contributed by atoms with Crippen molar-refractivity contribution in [2.24, 2.45) is 5.92 Å². The molecule has 5 rings (SSSR count). The van der Waals surface area contributed by atoms with Gasteiger partial charge in [-0.25, -0.2) is 0 Å². The molecule has 0 atom stereocenters. The highest BCUT2D eigenvalue weighted by Crippen LogP contribution is 2.56. The first-order valence-electron chi connectivity index (χ1n) is 13.0. The molecule has 36 heavy (non-hydrogen) atoms. The summed E-state index contributed by atoms with van der Waals surface area (Å²) in [5.41, 5.74) is 9.63. The number of ether oxygens (including phenoxy) is 2. The highest BCUT2D eigenvalue weighted by Gasteiger charge is 2.46. The molecule has 0 saturated heterocycles. The van der Waals surface area contributed by atoms with Gasteiger partial charge in [0.25, 0.3) is 0 Å². The maximum atomic E-state index is 6.15. The van der Waals surface area contributed by atoms with E-state index in [0.29, 0.717) is 12.5 Å². The van der Waals surface area contributed by atoms with Gasteiger partial charge in [0.15, 0.2) is 0 Å². The van der Waals surface area contributed by atoms with Crippen LogP contribution in [0.5, 0.6) is 11.5 Å². The minimum Gasteiger partial charge on any atom is -0.493 e. The van der Waals surface area contributed by atoms with Crippen LogP contribution < -0.4 is 9.47 Å². The largest absolute Gasteiger partial charge is 0.493 e. The molecular weight excluding hydrogens is 440 g/mol. The molecule has 0 spiro atoms. The molecule has 0 fully saturated rings. The van der Waals surface area contributed by atoms with E-state index in [-0.39, 0.29) is 6.10 Å². The number of benzene rings is 4. The molecule has 2 nitrogen and oxygen atoms in total. The third-order valence-electron chi connectivity index (χ3n) is 7.10. The Morgan fingerprint density at radius 3 is 1.61 bits per heavy atom. The molecule has 1 aliphatic rings. The van der Waals surface area contributed by atoms with Crippen molar-refractivity contribution in [2.75, 3.05) is 6.61 Å². The van der Waals surface area contributed by atoms with Crippen molar-refractivity contribution in [2.45, 2.75) is 53.1 Å². The standard InChI is InChI=1S/C34H36O2/c1-22(2)21-35-32-17-15-26(19-24(32)5)34(27-16-18-33(25(6)20-27)36-23(3)4)30-13-9-7-11-28(30)29-12-8-10-14-31(29)34/h7-20,22-23H,21H2,1-6H3. The van der Waals surface area contributed by atoms with Gasteiger partial charge in [0.1, 0.15) is 11.5 Å². The molecule has 1 aliphatic carbocycles. The van der Waals surface area contributed by atoms with Crippen LogP contribution in [0, 0.1) is 19.8 Å². The van der Waals surface area contributed by atoms with Crippen LogP contribution in [0.1, 0.15) is 61.1 Å². The van der Waals surface area contributed by atoms with E-state index in [4.69, 9.17) is 9.47 Å². The molecule has 0 amide bonds. The first kappa shape index (κ1) is 24.2. The Labute approximate surface area is 215 Å². The van der Waals surface area contributed by atoms with Crippen molar-refractivity contribution >= 4 is 0 Å². The molecule has 0 aromatic heterocycles. The lowest BCUT2D eigenvalue weighted by Crippen LogP contribution is -2.29. The number of fused-ring (bicyclic) bond motifs is 3. The van der Waals surface area contributed by atoms with E-state index in [9.17, 15) is 0 Å². The van der Waals surface area contributed by atoms with Gasteiger partial charge in [0, 0.05) is 0 Å². The lowest BCUT2D eigenvalue weighted by atomic mass is 9.67. The van der Waals surface area contributed by atoms with E-state index < -0.39 is 5.41 Å². The van der Waals surface area contributed by atoms with Gasteiger partial charge in [-0.1, -0.05) is 86.6 Å². The van der Waals surface area contributed by atoms with Crippen LogP contribution >= 0.6 is 0 Å². The van der Waals surface area contributed by atoms with Crippen LogP contribution in [-0.2, 0) is 5.41 Å². The molecule has 0 heterocycles. The topological polar surface area (TPSA) is 18.5 Å². The fraction of sp³-hybridized carbons (Fsp3) is 0.294. The third-order valence-corrected chi connectivity index (χ3v) is 7.10. The lowest BCUT2D eigenvalue weighted by Gasteiger charge is -2.35. The van der Waals surface area contributed by atoms with Crippen molar-refractivity contribution in [3.8, 4) is 22.6 Å². The maximum absolute atomic E-state index is 6.15. The van der Waals surface area contributed by atoms with Crippen LogP contribution in [0.2, 0.25) is 0 Å². The average Bonchev–Trinajstić information content (AvgIpc) is 3.15. The second-order valence-corrected chi connectivity index (χ2v) is 10.7. The summed E-state index contributed by atoms with van der Waals surface area (Å²) in [6.07, 6.45) is 0.137. The highest BCUT2D eigenvalue weighted by atomic mass is 16.5. The second kappa shape index (κ2) is 9.50. The Morgan fingerprint density at radius 1 is 0.639 bits per heavy atom. The van der Waals surface area contributed by atoms with Gasteiger partial charge in [0.05, 0.1) is 18.1 Å². The molecule has 184 valence electrons. The van der Waals surface area contributed by atoms with Crippen molar-refractivity contribution < 1.29 is 9.47 Å². The fourth-order valence-corrected chi connectivity index (χ4v) is 5.59. The summed E-state index contributed by atoms with van der Waals surface area (Å²) < 4.78 is 12.3.